The molecule has 0 aliphatic heterocycles. The zero-order valence-electron chi connectivity index (χ0n) is 13.7. The van der Waals surface area contributed by atoms with Crippen LogP contribution in [0.2, 0.25) is 0 Å². The Bertz CT molecular complexity index is 454. The Labute approximate surface area is 123 Å². The molecule has 0 saturated heterocycles. The van der Waals surface area contributed by atoms with Crippen LogP contribution in [0.4, 0.5) is 0 Å². The quantitative estimate of drug-likeness (QED) is 0.913. The summed E-state index contributed by atoms with van der Waals surface area (Å²) in [6.07, 6.45) is 6.10. The average molecular weight is 278 g/mol. The van der Waals surface area contributed by atoms with Crippen molar-refractivity contribution in [2.24, 2.45) is 18.4 Å². The number of rotatable bonds is 4. The molecule has 1 aliphatic rings. The van der Waals surface area contributed by atoms with Crippen molar-refractivity contribution in [2.45, 2.75) is 71.8 Å². The fourth-order valence-electron chi connectivity index (χ4n) is 3.57. The molecule has 1 aliphatic carbocycles. The summed E-state index contributed by atoms with van der Waals surface area (Å²) in [5, 5.41) is 15.3. The number of hydrogen-bond acceptors (Lipinski definition) is 2. The Hall–Kier alpha value is -0.830. The third kappa shape index (κ3) is 3.25. The maximum Gasteiger partial charge on any atom is 0.0703 e. The van der Waals surface area contributed by atoms with Crippen molar-refractivity contribution in [3.8, 4) is 0 Å². The molecular formula is C17H30N2O. The van der Waals surface area contributed by atoms with Gasteiger partial charge in [-0.15, -0.1) is 0 Å². The molecule has 3 heteroatoms. The van der Waals surface area contributed by atoms with E-state index in [0.717, 1.165) is 49.4 Å². The van der Waals surface area contributed by atoms with E-state index in [1.165, 1.54) is 6.42 Å². The van der Waals surface area contributed by atoms with Crippen molar-refractivity contribution in [3.05, 3.63) is 17.5 Å². The van der Waals surface area contributed by atoms with Crippen LogP contribution < -0.4 is 0 Å². The lowest BCUT2D eigenvalue weighted by molar-refractivity contribution is -0.0287. The second kappa shape index (κ2) is 5.51. The minimum Gasteiger partial charge on any atom is -0.389 e. The minimum absolute atomic E-state index is 0.407. The predicted octanol–water partition coefficient (Wildman–Crippen LogP) is 3.63. The van der Waals surface area contributed by atoms with Gasteiger partial charge in [0.15, 0.2) is 0 Å². The second-order valence-electron chi connectivity index (χ2n) is 7.42. The van der Waals surface area contributed by atoms with Gasteiger partial charge >= 0.3 is 0 Å². The van der Waals surface area contributed by atoms with Gasteiger partial charge in [0.25, 0.3) is 0 Å². The normalized spacial score (nSPS) is 27.8. The van der Waals surface area contributed by atoms with E-state index in [1.54, 1.807) is 0 Å². The van der Waals surface area contributed by atoms with Crippen molar-refractivity contribution in [3.63, 3.8) is 0 Å². The lowest BCUT2D eigenvalue weighted by Crippen LogP contribution is -2.40. The zero-order chi connectivity index (χ0) is 15.0. The van der Waals surface area contributed by atoms with Crippen molar-refractivity contribution in [1.29, 1.82) is 0 Å². The third-order valence-corrected chi connectivity index (χ3v) is 5.54. The van der Waals surface area contributed by atoms with E-state index in [2.05, 4.69) is 31.9 Å². The van der Waals surface area contributed by atoms with E-state index < -0.39 is 5.60 Å². The number of hydrogen-bond donors (Lipinski definition) is 1. The van der Waals surface area contributed by atoms with Crippen molar-refractivity contribution in [1.82, 2.24) is 9.78 Å². The molecule has 2 rings (SSSR count). The highest BCUT2D eigenvalue weighted by Crippen LogP contribution is 2.44. The van der Waals surface area contributed by atoms with Crippen LogP contribution in [-0.4, -0.2) is 20.5 Å². The molecule has 1 aromatic rings. The van der Waals surface area contributed by atoms with E-state index >= 15 is 0 Å². The summed E-state index contributed by atoms with van der Waals surface area (Å²) in [5.41, 5.74) is 2.07. The Morgan fingerprint density at radius 2 is 2.00 bits per heavy atom. The lowest BCUT2D eigenvalue weighted by atomic mass is 9.66. The van der Waals surface area contributed by atoms with Crippen LogP contribution in [0.5, 0.6) is 0 Å². The predicted molar refractivity (Wildman–Crippen MR) is 82.6 cm³/mol. The van der Waals surface area contributed by atoms with Gasteiger partial charge in [0.1, 0.15) is 0 Å². The largest absolute Gasteiger partial charge is 0.389 e. The lowest BCUT2D eigenvalue weighted by Gasteiger charge is -2.42. The Morgan fingerprint density at radius 3 is 2.45 bits per heavy atom. The second-order valence-corrected chi connectivity index (χ2v) is 7.42. The van der Waals surface area contributed by atoms with E-state index in [9.17, 15) is 5.11 Å². The number of nitrogens with zero attached hydrogens (tertiary/aromatic N) is 2. The van der Waals surface area contributed by atoms with Gasteiger partial charge in [0.05, 0.1) is 11.3 Å². The first-order valence-corrected chi connectivity index (χ1v) is 7.98. The fourth-order valence-corrected chi connectivity index (χ4v) is 3.57. The molecule has 0 aromatic carbocycles. The van der Waals surface area contributed by atoms with Crippen LogP contribution in [0.3, 0.4) is 0 Å². The van der Waals surface area contributed by atoms with Crippen LogP contribution in [0.15, 0.2) is 6.07 Å². The molecule has 0 atom stereocenters. The van der Waals surface area contributed by atoms with E-state index in [4.69, 9.17) is 0 Å². The molecule has 1 N–H and O–H groups in total. The highest BCUT2D eigenvalue weighted by molar-refractivity contribution is 5.12. The van der Waals surface area contributed by atoms with Gasteiger partial charge in [-0.1, -0.05) is 27.2 Å². The topological polar surface area (TPSA) is 38.1 Å². The molecule has 1 aromatic heterocycles. The van der Waals surface area contributed by atoms with Crippen LogP contribution in [0.25, 0.3) is 0 Å². The average Bonchev–Trinajstić information content (AvgIpc) is 2.67. The maximum absolute atomic E-state index is 10.9. The highest BCUT2D eigenvalue weighted by atomic mass is 16.3. The number of aryl methyl sites for hydroxylation is 2. The molecule has 0 amide bonds. The van der Waals surface area contributed by atoms with Crippen molar-refractivity contribution >= 4 is 0 Å². The van der Waals surface area contributed by atoms with Crippen molar-refractivity contribution in [2.75, 3.05) is 0 Å². The zero-order valence-corrected chi connectivity index (χ0v) is 13.7. The van der Waals surface area contributed by atoms with E-state index in [-0.39, 0.29) is 0 Å². The summed E-state index contributed by atoms with van der Waals surface area (Å²) >= 11 is 0. The van der Waals surface area contributed by atoms with Gasteiger partial charge < -0.3 is 5.11 Å². The van der Waals surface area contributed by atoms with Gasteiger partial charge in [-0.25, -0.2) is 0 Å². The maximum atomic E-state index is 10.9. The van der Waals surface area contributed by atoms with E-state index in [0.29, 0.717) is 5.41 Å². The minimum atomic E-state index is -0.527. The van der Waals surface area contributed by atoms with Gasteiger partial charge in [0, 0.05) is 19.2 Å². The molecule has 114 valence electrons. The molecule has 20 heavy (non-hydrogen) atoms. The number of aromatic nitrogens is 2. The van der Waals surface area contributed by atoms with Crippen LogP contribution in [0, 0.1) is 18.3 Å². The molecule has 1 saturated carbocycles. The molecule has 0 bridgehead atoms. The third-order valence-electron chi connectivity index (χ3n) is 5.54. The molecule has 0 unspecified atom stereocenters. The Balaban J connectivity index is 2.00. The molecule has 0 radical (unpaired) electrons. The molecule has 3 nitrogen and oxygen atoms in total. The van der Waals surface area contributed by atoms with E-state index in [1.807, 2.05) is 18.7 Å². The Kier molecular flexibility index (Phi) is 4.29. The molecular weight excluding hydrogens is 248 g/mol. The van der Waals surface area contributed by atoms with Gasteiger partial charge in [-0.3, -0.25) is 4.68 Å². The summed E-state index contributed by atoms with van der Waals surface area (Å²) in [6, 6.07) is 2.10. The molecule has 1 fully saturated rings. The first-order chi connectivity index (χ1) is 9.26. The summed E-state index contributed by atoms with van der Waals surface area (Å²) in [4.78, 5) is 0. The summed E-state index contributed by atoms with van der Waals surface area (Å²) in [7, 11) is 1.97. The van der Waals surface area contributed by atoms with Gasteiger partial charge in [0.2, 0.25) is 0 Å². The highest BCUT2D eigenvalue weighted by Gasteiger charge is 2.38. The van der Waals surface area contributed by atoms with Crippen LogP contribution >= 0.6 is 0 Å². The summed E-state index contributed by atoms with van der Waals surface area (Å²) < 4.78 is 1.91. The molecule has 1 heterocycles. The monoisotopic (exact) mass is 278 g/mol. The SMILES string of the molecule is CCC(C)(C)C1CCC(O)(Cc2cc(C)nn2C)CC1. The van der Waals surface area contributed by atoms with Gasteiger partial charge in [-0.2, -0.15) is 5.10 Å². The first kappa shape index (κ1) is 15.6. The first-order valence-electron chi connectivity index (χ1n) is 7.98. The fraction of sp³-hybridized carbons (Fsp3) is 0.824. The van der Waals surface area contributed by atoms with Crippen molar-refractivity contribution < 1.29 is 5.11 Å². The van der Waals surface area contributed by atoms with Crippen LogP contribution in [-0.2, 0) is 13.5 Å². The standard InChI is InChI=1S/C17H30N2O/c1-6-16(3,4)14-7-9-17(20,10-8-14)12-15-11-13(2)18-19(15)5/h11,14,20H,6-10,12H2,1-5H3. The smallest absolute Gasteiger partial charge is 0.0703 e. The summed E-state index contributed by atoms with van der Waals surface area (Å²) in [5.74, 6) is 0.751. The number of aliphatic hydroxyl groups is 1. The molecule has 0 spiro atoms. The van der Waals surface area contributed by atoms with Crippen LogP contribution in [0.1, 0.15) is 64.3 Å². The Morgan fingerprint density at radius 1 is 1.40 bits per heavy atom. The summed E-state index contributed by atoms with van der Waals surface area (Å²) in [6.45, 7) is 9.02. The van der Waals surface area contributed by atoms with Gasteiger partial charge in [-0.05, 0) is 50.0 Å².